The van der Waals surface area contributed by atoms with Gasteiger partial charge in [0, 0.05) is 17.8 Å². The van der Waals surface area contributed by atoms with E-state index in [9.17, 15) is 14.0 Å². The fraction of sp³-hybridized carbons (Fsp3) is 0.263. The third kappa shape index (κ3) is 3.15. The second-order valence-electron chi connectivity index (χ2n) is 5.89. The second-order valence-corrected chi connectivity index (χ2v) is 5.89. The minimum absolute atomic E-state index is 0.113. The van der Waals surface area contributed by atoms with Crippen molar-refractivity contribution in [1.29, 1.82) is 0 Å². The first-order chi connectivity index (χ1) is 11.6. The Labute approximate surface area is 140 Å². The summed E-state index contributed by atoms with van der Waals surface area (Å²) in [4.78, 5) is 26.9. The molecule has 1 aliphatic rings. The zero-order valence-electron chi connectivity index (χ0n) is 13.5. The van der Waals surface area contributed by atoms with E-state index in [-0.39, 0.29) is 17.6 Å². The van der Waals surface area contributed by atoms with Crippen LogP contribution in [-0.2, 0) is 11.3 Å². The number of nitrogens with zero attached hydrogens (tertiary/aromatic N) is 1. The van der Waals surface area contributed by atoms with Crippen LogP contribution in [0.4, 0.5) is 10.1 Å². The highest BCUT2D eigenvalue weighted by molar-refractivity contribution is 6.03. The Hall–Kier alpha value is -2.69. The van der Waals surface area contributed by atoms with Crippen LogP contribution in [0.1, 0.15) is 35.7 Å². The monoisotopic (exact) mass is 326 g/mol. The van der Waals surface area contributed by atoms with Crippen molar-refractivity contribution < 1.29 is 14.0 Å². The summed E-state index contributed by atoms with van der Waals surface area (Å²) in [6.07, 6.45) is 1.36. The first-order valence-electron chi connectivity index (χ1n) is 8.05. The predicted octanol–water partition coefficient (Wildman–Crippen LogP) is 3.59. The van der Waals surface area contributed by atoms with Crippen LogP contribution in [0.5, 0.6) is 0 Å². The van der Waals surface area contributed by atoms with Crippen LogP contribution in [0, 0.1) is 5.82 Å². The first kappa shape index (κ1) is 16.2. The number of hydrogen-bond donors (Lipinski definition) is 1. The molecule has 0 unspecified atom stereocenters. The molecule has 3 rings (SSSR count). The highest BCUT2D eigenvalue weighted by Gasteiger charge is 2.35. The Morgan fingerprint density at radius 3 is 2.58 bits per heavy atom. The van der Waals surface area contributed by atoms with Gasteiger partial charge < -0.3 is 10.2 Å². The Bertz CT molecular complexity index is 758. The maximum Gasteiger partial charge on any atom is 0.255 e. The van der Waals surface area contributed by atoms with E-state index >= 15 is 0 Å². The van der Waals surface area contributed by atoms with Gasteiger partial charge in [-0.2, -0.15) is 0 Å². The molecule has 0 spiro atoms. The van der Waals surface area contributed by atoms with E-state index < -0.39 is 6.04 Å². The highest BCUT2D eigenvalue weighted by atomic mass is 19.1. The maximum absolute atomic E-state index is 13.0. The van der Waals surface area contributed by atoms with Gasteiger partial charge in [-0.1, -0.05) is 31.5 Å². The van der Waals surface area contributed by atoms with Gasteiger partial charge in [0.25, 0.3) is 5.91 Å². The summed E-state index contributed by atoms with van der Waals surface area (Å²) < 4.78 is 13.0. The number of fused-ring (bicyclic) bond motifs is 1. The predicted molar refractivity (Wildman–Crippen MR) is 90.0 cm³/mol. The van der Waals surface area contributed by atoms with E-state index in [1.54, 1.807) is 11.0 Å². The molecule has 24 heavy (non-hydrogen) atoms. The van der Waals surface area contributed by atoms with Crippen LogP contribution in [0.25, 0.3) is 0 Å². The number of benzene rings is 2. The Balaban J connectivity index is 1.79. The largest absolute Gasteiger partial charge is 0.324 e. The molecule has 2 aromatic rings. The fourth-order valence-corrected chi connectivity index (χ4v) is 2.99. The standard InChI is InChI=1S/C19H19FN2O2/c1-2-5-17(18(23)21-15-10-8-14(20)9-11-15)22-12-13-6-3-4-7-16(13)19(22)24/h3-4,6-11,17H,2,5,12H2,1H3,(H,21,23)/t17-/m0/s1. The van der Waals surface area contributed by atoms with Gasteiger partial charge in [0.1, 0.15) is 11.9 Å². The summed E-state index contributed by atoms with van der Waals surface area (Å²) in [7, 11) is 0. The molecule has 1 N–H and O–H groups in total. The fourth-order valence-electron chi connectivity index (χ4n) is 2.99. The smallest absolute Gasteiger partial charge is 0.255 e. The number of amides is 2. The molecule has 1 atom stereocenters. The lowest BCUT2D eigenvalue weighted by molar-refractivity contribution is -0.120. The Morgan fingerprint density at radius 1 is 1.21 bits per heavy atom. The zero-order valence-corrected chi connectivity index (χ0v) is 13.5. The van der Waals surface area contributed by atoms with E-state index in [2.05, 4.69) is 5.32 Å². The van der Waals surface area contributed by atoms with Gasteiger partial charge in [-0.3, -0.25) is 9.59 Å². The molecule has 0 aliphatic carbocycles. The number of carbonyl (C=O) groups is 2. The number of nitrogens with one attached hydrogen (secondary N) is 1. The summed E-state index contributed by atoms with van der Waals surface area (Å²) in [5, 5.41) is 2.78. The van der Waals surface area contributed by atoms with E-state index in [1.807, 2.05) is 25.1 Å². The SMILES string of the molecule is CCC[C@@H](C(=O)Nc1ccc(F)cc1)N1Cc2ccccc2C1=O. The van der Waals surface area contributed by atoms with Crippen molar-refractivity contribution in [2.24, 2.45) is 0 Å². The van der Waals surface area contributed by atoms with Crippen LogP contribution >= 0.6 is 0 Å². The molecular weight excluding hydrogens is 307 g/mol. The van der Waals surface area contributed by atoms with Gasteiger partial charge >= 0.3 is 0 Å². The third-order valence-corrected chi connectivity index (χ3v) is 4.20. The van der Waals surface area contributed by atoms with Crippen molar-refractivity contribution in [1.82, 2.24) is 4.90 Å². The number of rotatable bonds is 5. The molecule has 0 bridgehead atoms. The minimum Gasteiger partial charge on any atom is -0.324 e. The van der Waals surface area contributed by atoms with Crippen molar-refractivity contribution in [3.05, 3.63) is 65.5 Å². The topological polar surface area (TPSA) is 49.4 Å². The maximum atomic E-state index is 13.0. The van der Waals surface area contributed by atoms with Crippen LogP contribution < -0.4 is 5.32 Å². The molecule has 0 aromatic heterocycles. The van der Waals surface area contributed by atoms with Crippen molar-refractivity contribution in [2.75, 3.05) is 5.32 Å². The molecular formula is C19H19FN2O2. The second kappa shape index (κ2) is 6.83. The van der Waals surface area contributed by atoms with E-state index in [1.165, 1.54) is 24.3 Å². The minimum atomic E-state index is -0.542. The van der Waals surface area contributed by atoms with Crippen molar-refractivity contribution in [3.63, 3.8) is 0 Å². The molecule has 0 saturated heterocycles. The third-order valence-electron chi connectivity index (χ3n) is 4.20. The molecule has 0 fully saturated rings. The van der Waals surface area contributed by atoms with Crippen LogP contribution in [0.2, 0.25) is 0 Å². The molecule has 2 aromatic carbocycles. The highest BCUT2D eigenvalue weighted by Crippen LogP contribution is 2.26. The zero-order chi connectivity index (χ0) is 17.1. The van der Waals surface area contributed by atoms with E-state index in [0.717, 1.165) is 12.0 Å². The lowest BCUT2D eigenvalue weighted by Gasteiger charge is -2.26. The quantitative estimate of drug-likeness (QED) is 0.913. The lowest BCUT2D eigenvalue weighted by Crippen LogP contribution is -2.44. The first-order valence-corrected chi connectivity index (χ1v) is 8.05. The molecule has 0 saturated carbocycles. The van der Waals surface area contributed by atoms with Crippen molar-refractivity contribution in [3.8, 4) is 0 Å². The summed E-state index contributed by atoms with van der Waals surface area (Å²) in [6.45, 7) is 2.42. The van der Waals surface area contributed by atoms with Crippen molar-refractivity contribution in [2.45, 2.75) is 32.4 Å². The van der Waals surface area contributed by atoms with Crippen LogP contribution in [0.15, 0.2) is 48.5 Å². The summed E-state index contributed by atoms with van der Waals surface area (Å²) in [5.74, 6) is -0.716. The summed E-state index contributed by atoms with van der Waals surface area (Å²) >= 11 is 0. The number of anilines is 1. The Morgan fingerprint density at radius 2 is 1.92 bits per heavy atom. The van der Waals surface area contributed by atoms with E-state index in [4.69, 9.17) is 0 Å². The average Bonchev–Trinajstić information content (AvgIpc) is 2.92. The van der Waals surface area contributed by atoms with Crippen molar-refractivity contribution >= 4 is 17.5 Å². The van der Waals surface area contributed by atoms with E-state index in [0.29, 0.717) is 24.2 Å². The number of hydrogen-bond acceptors (Lipinski definition) is 2. The van der Waals surface area contributed by atoms with Gasteiger partial charge in [0.2, 0.25) is 5.91 Å². The van der Waals surface area contributed by atoms with Crippen LogP contribution in [0.3, 0.4) is 0 Å². The average molecular weight is 326 g/mol. The molecule has 2 amide bonds. The molecule has 0 radical (unpaired) electrons. The van der Waals surface area contributed by atoms with Crippen LogP contribution in [-0.4, -0.2) is 22.8 Å². The van der Waals surface area contributed by atoms with Gasteiger partial charge in [-0.25, -0.2) is 4.39 Å². The normalized spacial score (nSPS) is 14.4. The van der Waals surface area contributed by atoms with Gasteiger partial charge in [-0.05, 0) is 42.3 Å². The lowest BCUT2D eigenvalue weighted by atomic mass is 10.1. The van der Waals surface area contributed by atoms with Gasteiger partial charge in [0.05, 0.1) is 0 Å². The molecule has 4 nitrogen and oxygen atoms in total. The summed E-state index contributed by atoms with van der Waals surface area (Å²) in [5.41, 5.74) is 2.12. The number of halogens is 1. The van der Waals surface area contributed by atoms with Gasteiger partial charge in [0.15, 0.2) is 0 Å². The van der Waals surface area contributed by atoms with Gasteiger partial charge in [-0.15, -0.1) is 0 Å². The number of carbonyl (C=O) groups excluding carboxylic acids is 2. The Kier molecular flexibility index (Phi) is 4.60. The molecule has 1 aliphatic heterocycles. The molecule has 124 valence electrons. The molecule has 1 heterocycles. The molecule has 5 heteroatoms. The summed E-state index contributed by atoms with van der Waals surface area (Å²) in [6, 6.07) is 12.5.